The highest BCUT2D eigenvalue weighted by Crippen LogP contribution is 2.18. The number of hydrogen-bond acceptors (Lipinski definition) is 4. The van der Waals surface area contributed by atoms with E-state index >= 15 is 0 Å². The predicted octanol–water partition coefficient (Wildman–Crippen LogP) is 3.33. The number of amides is 1. The molecule has 1 aliphatic heterocycles. The molecule has 2 rings (SSSR count). The number of carbonyl (C=O) groups excluding carboxylic acids is 1. The van der Waals surface area contributed by atoms with E-state index in [1.54, 1.807) is 6.92 Å². The van der Waals surface area contributed by atoms with Gasteiger partial charge in [-0.3, -0.25) is 4.79 Å². The van der Waals surface area contributed by atoms with E-state index in [2.05, 4.69) is 22.6 Å². The average molecular weight is 302 g/mol. The van der Waals surface area contributed by atoms with E-state index in [0.29, 0.717) is 28.8 Å². The maximum Gasteiger partial charge on any atom is 0.280 e. The lowest BCUT2D eigenvalue weighted by Crippen LogP contribution is -2.15. The fourth-order valence-electron chi connectivity index (χ4n) is 1.92. The summed E-state index contributed by atoms with van der Waals surface area (Å²) < 4.78 is 5.71. The third kappa shape index (κ3) is 4.29. The molecule has 5 heteroatoms. The standard InChI is InChI=1S/C16H18N2O2S/c1-10-7-11(2)9-14(8-10)20-5-6-21-16-17-13(4)12(3)15(19)18-16/h7-9H,3,5-6H2,1-2,4H3. The molecule has 0 fully saturated rings. The number of amidine groups is 1. The normalized spacial score (nSPS) is 14.8. The molecule has 1 amide bonds. The first kappa shape index (κ1) is 15.5. The van der Waals surface area contributed by atoms with Crippen LogP contribution in [0.3, 0.4) is 0 Å². The number of thioether (sulfide) groups is 1. The molecule has 0 radical (unpaired) electrons. The van der Waals surface area contributed by atoms with Gasteiger partial charge in [0.05, 0.1) is 17.9 Å². The smallest absolute Gasteiger partial charge is 0.280 e. The highest BCUT2D eigenvalue weighted by atomic mass is 32.2. The number of ether oxygens (including phenoxy) is 1. The minimum atomic E-state index is -0.305. The van der Waals surface area contributed by atoms with Crippen molar-refractivity contribution in [1.29, 1.82) is 0 Å². The molecule has 0 bridgehead atoms. The number of nitrogens with zero attached hydrogens (tertiary/aromatic N) is 2. The molecule has 0 unspecified atom stereocenters. The number of carbonyl (C=O) groups is 1. The Morgan fingerprint density at radius 1 is 1.14 bits per heavy atom. The molecular weight excluding hydrogens is 284 g/mol. The van der Waals surface area contributed by atoms with Crippen molar-refractivity contribution in [3.63, 3.8) is 0 Å². The van der Waals surface area contributed by atoms with Gasteiger partial charge >= 0.3 is 0 Å². The molecule has 0 atom stereocenters. The van der Waals surface area contributed by atoms with Gasteiger partial charge in [0.15, 0.2) is 5.17 Å². The number of hydrogen-bond donors (Lipinski definition) is 0. The Kier molecular flexibility index (Phi) is 4.96. The molecule has 21 heavy (non-hydrogen) atoms. The molecule has 1 aromatic carbocycles. The number of aliphatic imine (C=N–C) groups is 2. The zero-order valence-corrected chi connectivity index (χ0v) is 13.3. The van der Waals surface area contributed by atoms with Gasteiger partial charge in [-0.25, -0.2) is 4.99 Å². The van der Waals surface area contributed by atoms with Crippen LogP contribution in [0.4, 0.5) is 0 Å². The fraction of sp³-hybridized carbons (Fsp3) is 0.312. The van der Waals surface area contributed by atoms with Crippen LogP contribution in [0.15, 0.2) is 40.3 Å². The molecule has 0 N–H and O–H groups in total. The molecule has 4 nitrogen and oxygen atoms in total. The first-order chi connectivity index (χ1) is 9.95. The van der Waals surface area contributed by atoms with Crippen molar-refractivity contribution >= 4 is 28.5 Å². The SMILES string of the molecule is C=C1C(=O)N=C(SCCOc2cc(C)cc(C)c2)N=C1C. The Hall–Kier alpha value is -1.88. The van der Waals surface area contributed by atoms with Crippen molar-refractivity contribution in [2.45, 2.75) is 20.8 Å². The van der Waals surface area contributed by atoms with E-state index in [-0.39, 0.29) is 5.91 Å². The molecule has 0 saturated heterocycles. The molecule has 0 saturated carbocycles. The summed E-state index contributed by atoms with van der Waals surface area (Å²) in [5.74, 6) is 1.24. The molecule has 0 spiro atoms. The second-order valence-electron chi connectivity index (χ2n) is 4.90. The summed E-state index contributed by atoms with van der Waals surface area (Å²) in [5, 5.41) is 0.480. The van der Waals surface area contributed by atoms with Crippen molar-refractivity contribution in [2.24, 2.45) is 9.98 Å². The number of benzene rings is 1. The summed E-state index contributed by atoms with van der Waals surface area (Å²) in [4.78, 5) is 19.7. The number of aryl methyl sites for hydroxylation is 2. The van der Waals surface area contributed by atoms with Crippen molar-refractivity contribution in [3.8, 4) is 5.75 Å². The second kappa shape index (κ2) is 6.72. The molecule has 110 valence electrons. The Balaban J connectivity index is 1.84. The topological polar surface area (TPSA) is 51.0 Å². The minimum Gasteiger partial charge on any atom is -0.493 e. The third-order valence-corrected chi connectivity index (χ3v) is 3.75. The minimum absolute atomic E-state index is 0.305. The maximum atomic E-state index is 11.5. The van der Waals surface area contributed by atoms with Crippen LogP contribution in [0.25, 0.3) is 0 Å². The molecule has 0 aliphatic carbocycles. The van der Waals surface area contributed by atoms with Crippen LogP contribution in [0.2, 0.25) is 0 Å². The Morgan fingerprint density at radius 3 is 2.43 bits per heavy atom. The Morgan fingerprint density at radius 2 is 1.81 bits per heavy atom. The zero-order chi connectivity index (χ0) is 15.4. The van der Waals surface area contributed by atoms with E-state index in [4.69, 9.17) is 4.74 Å². The van der Waals surface area contributed by atoms with Crippen LogP contribution in [-0.2, 0) is 4.79 Å². The quantitative estimate of drug-likeness (QED) is 0.633. The van der Waals surface area contributed by atoms with Crippen molar-refractivity contribution in [2.75, 3.05) is 12.4 Å². The summed E-state index contributed by atoms with van der Waals surface area (Å²) in [7, 11) is 0. The van der Waals surface area contributed by atoms with Gasteiger partial charge < -0.3 is 4.74 Å². The molecule has 0 aromatic heterocycles. The fourth-order valence-corrected chi connectivity index (χ4v) is 2.62. The summed E-state index contributed by atoms with van der Waals surface area (Å²) in [6.45, 7) is 10.0. The van der Waals surface area contributed by atoms with Crippen LogP contribution < -0.4 is 4.74 Å². The first-order valence-electron chi connectivity index (χ1n) is 6.67. The van der Waals surface area contributed by atoms with Crippen LogP contribution >= 0.6 is 11.8 Å². The van der Waals surface area contributed by atoms with Crippen molar-refractivity contribution < 1.29 is 9.53 Å². The molecule has 1 aromatic rings. The van der Waals surface area contributed by atoms with Crippen molar-refractivity contribution in [3.05, 3.63) is 41.5 Å². The Bertz CT molecular complexity index is 627. The lowest BCUT2D eigenvalue weighted by molar-refractivity contribution is -0.113. The van der Waals surface area contributed by atoms with Gasteiger partial charge in [0.2, 0.25) is 0 Å². The van der Waals surface area contributed by atoms with Gasteiger partial charge in [0.25, 0.3) is 5.91 Å². The van der Waals surface area contributed by atoms with Gasteiger partial charge in [-0.2, -0.15) is 4.99 Å². The average Bonchev–Trinajstić information content (AvgIpc) is 2.40. The Labute approximate surface area is 129 Å². The van der Waals surface area contributed by atoms with E-state index < -0.39 is 0 Å². The third-order valence-electron chi connectivity index (χ3n) is 2.93. The summed E-state index contributed by atoms with van der Waals surface area (Å²) in [5.41, 5.74) is 3.36. The maximum absolute atomic E-state index is 11.5. The highest BCUT2D eigenvalue weighted by Gasteiger charge is 2.16. The lowest BCUT2D eigenvalue weighted by Gasteiger charge is -2.10. The predicted molar refractivity (Wildman–Crippen MR) is 88.6 cm³/mol. The molecule has 1 aliphatic rings. The monoisotopic (exact) mass is 302 g/mol. The summed E-state index contributed by atoms with van der Waals surface area (Å²) in [6.07, 6.45) is 0. The largest absolute Gasteiger partial charge is 0.493 e. The highest BCUT2D eigenvalue weighted by molar-refractivity contribution is 8.13. The van der Waals surface area contributed by atoms with E-state index in [9.17, 15) is 4.79 Å². The van der Waals surface area contributed by atoms with Crippen LogP contribution in [0.5, 0.6) is 5.75 Å². The summed E-state index contributed by atoms with van der Waals surface area (Å²) in [6, 6.07) is 6.12. The van der Waals surface area contributed by atoms with Crippen LogP contribution in [-0.4, -0.2) is 29.1 Å². The molecular formula is C16H18N2O2S. The van der Waals surface area contributed by atoms with Gasteiger partial charge in [0.1, 0.15) is 5.75 Å². The van der Waals surface area contributed by atoms with E-state index in [0.717, 1.165) is 5.75 Å². The van der Waals surface area contributed by atoms with Gasteiger partial charge in [-0.15, -0.1) is 0 Å². The zero-order valence-electron chi connectivity index (χ0n) is 12.5. The van der Waals surface area contributed by atoms with Gasteiger partial charge in [-0.05, 0) is 44.0 Å². The first-order valence-corrected chi connectivity index (χ1v) is 7.66. The summed E-state index contributed by atoms with van der Waals surface area (Å²) >= 11 is 1.41. The van der Waals surface area contributed by atoms with E-state index in [1.165, 1.54) is 22.9 Å². The van der Waals surface area contributed by atoms with E-state index in [1.807, 2.05) is 26.0 Å². The lowest BCUT2D eigenvalue weighted by atomic mass is 10.1. The van der Waals surface area contributed by atoms with Crippen molar-refractivity contribution in [1.82, 2.24) is 0 Å². The molecule has 1 heterocycles. The van der Waals surface area contributed by atoms with Gasteiger partial charge in [-0.1, -0.05) is 24.4 Å². The van der Waals surface area contributed by atoms with Gasteiger partial charge in [0, 0.05) is 5.75 Å². The number of rotatable bonds is 4. The van der Waals surface area contributed by atoms with Crippen LogP contribution in [0, 0.1) is 13.8 Å². The second-order valence-corrected chi connectivity index (χ2v) is 5.96. The van der Waals surface area contributed by atoms with Crippen LogP contribution in [0.1, 0.15) is 18.1 Å².